The smallest absolute Gasteiger partial charge is 0.0346 e. The maximum atomic E-state index is 4.27. The molecule has 0 N–H and O–H groups in total. The molecule has 1 heteroatoms. The van der Waals surface area contributed by atoms with E-state index in [-0.39, 0.29) is 0 Å². The van der Waals surface area contributed by atoms with Crippen molar-refractivity contribution >= 4 is 32.3 Å². The lowest BCUT2D eigenvalue weighted by atomic mass is 9.90. The van der Waals surface area contributed by atoms with Gasteiger partial charge in [0.15, 0.2) is 0 Å². The second-order valence-electron chi connectivity index (χ2n) is 5.71. The molecule has 0 aliphatic carbocycles. The summed E-state index contributed by atoms with van der Waals surface area (Å²) in [7, 11) is 0. The fourth-order valence-corrected chi connectivity index (χ4v) is 3.51. The topological polar surface area (TPSA) is 12.9 Å². The van der Waals surface area contributed by atoms with Crippen LogP contribution in [0.15, 0.2) is 79.1 Å². The number of pyridine rings is 1. The molecule has 4 aromatic carbocycles. The monoisotopic (exact) mass is 279 g/mol. The summed E-state index contributed by atoms with van der Waals surface area (Å²) in [4.78, 5) is 4.27. The molecule has 1 nitrogen and oxygen atoms in total. The van der Waals surface area contributed by atoms with Crippen LogP contribution in [0.1, 0.15) is 0 Å². The summed E-state index contributed by atoms with van der Waals surface area (Å²) in [5, 5.41) is 7.93. The molecule has 0 aliphatic rings. The van der Waals surface area contributed by atoms with Gasteiger partial charge in [-0.05, 0) is 43.9 Å². The summed E-state index contributed by atoms with van der Waals surface area (Å²) < 4.78 is 0. The molecule has 5 rings (SSSR count). The van der Waals surface area contributed by atoms with Gasteiger partial charge < -0.3 is 0 Å². The molecule has 1 heterocycles. The maximum Gasteiger partial charge on any atom is 0.0346 e. The van der Waals surface area contributed by atoms with Gasteiger partial charge in [0.25, 0.3) is 0 Å². The van der Waals surface area contributed by atoms with Crippen molar-refractivity contribution in [2.75, 3.05) is 0 Å². The third-order valence-electron chi connectivity index (χ3n) is 4.50. The number of rotatable bonds is 1. The highest BCUT2D eigenvalue weighted by atomic mass is 14.6. The molecule has 0 amide bonds. The van der Waals surface area contributed by atoms with Gasteiger partial charge in [0.2, 0.25) is 0 Å². The highest BCUT2D eigenvalue weighted by Crippen LogP contribution is 2.38. The van der Waals surface area contributed by atoms with Crippen molar-refractivity contribution in [3.63, 3.8) is 0 Å². The van der Waals surface area contributed by atoms with Gasteiger partial charge in [-0.1, -0.05) is 60.7 Å². The molecule has 5 aromatic rings. The van der Waals surface area contributed by atoms with Crippen LogP contribution in [0.4, 0.5) is 0 Å². The van der Waals surface area contributed by atoms with E-state index < -0.39 is 0 Å². The quantitative estimate of drug-likeness (QED) is 0.361. The minimum atomic E-state index is 1.17. The largest absolute Gasteiger partial charge is 0.264 e. The van der Waals surface area contributed by atoms with E-state index in [1.165, 1.54) is 43.4 Å². The maximum absolute atomic E-state index is 4.27. The van der Waals surface area contributed by atoms with E-state index in [1.807, 2.05) is 18.5 Å². The zero-order chi connectivity index (χ0) is 14.5. The molecule has 0 atom stereocenters. The third-order valence-corrected chi connectivity index (χ3v) is 4.50. The average Bonchev–Trinajstić information content (AvgIpc) is 2.60. The van der Waals surface area contributed by atoms with Crippen LogP contribution in [0.3, 0.4) is 0 Å². The molecule has 102 valence electrons. The van der Waals surface area contributed by atoms with Crippen molar-refractivity contribution in [3.05, 3.63) is 79.1 Å². The van der Waals surface area contributed by atoms with E-state index in [4.69, 9.17) is 0 Å². The van der Waals surface area contributed by atoms with E-state index in [0.29, 0.717) is 0 Å². The molecule has 22 heavy (non-hydrogen) atoms. The fourth-order valence-electron chi connectivity index (χ4n) is 3.51. The lowest BCUT2D eigenvalue weighted by Gasteiger charge is -2.13. The van der Waals surface area contributed by atoms with Gasteiger partial charge in [0.1, 0.15) is 0 Å². The molecule has 0 bridgehead atoms. The molecular weight excluding hydrogens is 266 g/mol. The lowest BCUT2D eigenvalue weighted by molar-refractivity contribution is 1.33. The van der Waals surface area contributed by atoms with E-state index in [1.54, 1.807) is 0 Å². The predicted octanol–water partition coefficient (Wildman–Crippen LogP) is 5.65. The summed E-state index contributed by atoms with van der Waals surface area (Å²) in [5.74, 6) is 0. The summed E-state index contributed by atoms with van der Waals surface area (Å²) >= 11 is 0. The van der Waals surface area contributed by atoms with Gasteiger partial charge in [-0.2, -0.15) is 0 Å². The Balaban J connectivity index is 2.02. The van der Waals surface area contributed by atoms with Crippen LogP contribution in [0.5, 0.6) is 0 Å². The zero-order valence-electron chi connectivity index (χ0n) is 12.0. The number of benzene rings is 4. The highest BCUT2D eigenvalue weighted by molar-refractivity contribution is 6.25. The molecule has 0 saturated heterocycles. The van der Waals surface area contributed by atoms with Gasteiger partial charge in [-0.3, -0.25) is 4.98 Å². The predicted molar refractivity (Wildman–Crippen MR) is 93.4 cm³/mol. The Morgan fingerprint density at radius 2 is 1.32 bits per heavy atom. The van der Waals surface area contributed by atoms with Crippen LogP contribution in [-0.4, -0.2) is 4.98 Å². The molecule has 1 aromatic heterocycles. The highest BCUT2D eigenvalue weighted by Gasteiger charge is 2.11. The Kier molecular flexibility index (Phi) is 2.28. The van der Waals surface area contributed by atoms with Crippen molar-refractivity contribution in [2.45, 2.75) is 0 Å². The van der Waals surface area contributed by atoms with Crippen molar-refractivity contribution in [2.24, 2.45) is 0 Å². The van der Waals surface area contributed by atoms with Crippen LogP contribution >= 0.6 is 0 Å². The van der Waals surface area contributed by atoms with E-state index in [9.17, 15) is 0 Å². The number of nitrogens with zero attached hydrogens (tertiary/aromatic N) is 1. The summed E-state index contributed by atoms with van der Waals surface area (Å²) in [6.07, 6.45) is 3.76. The van der Waals surface area contributed by atoms with Crippen molar-refractivity contribution < 1.29 is 0 Å². The normalized spacial score (nSPS) is 11.6. The minimum absolute atomic E-state index is 1.17. The lowest BCUT2D eigenvalue weighted by Crippen LogP contribution is -1.87. The van der Waals surface area contributed by atoms with Crippen molar-refractivity contribution in [3.8, 4) is 11.1 Å². The third kappa shape index (κ3) is 1.51. The summed E-state index contributed by atoms with van der Waals surface area (Å²) in [6, 6.07) is 24.0. The van der Waals surface area contributed by atoms with Crippen LogP contribution in [0, 0.1) is 0 Å². The Bertz CT molecular complexity index is 1090. The standard InChI is InChI=1S/C21H13N/c1-3-14-6-7-16-8-10-18(17-5-2-12-22-13-17)19-11-9-15(4-1)20(14)21(16)19/h1-13H. The van der Waals surface area contributed by atoms with Gasteiger partial charge in [-0.25, -0.2) is 0 Å². The van der Waals surface area contributed by atoms with Gasteiger partial charge in [0.05, 0.1) is 0 Å². The van der Waals surface area contributed by atoms with Gasteiger partial charge >= 0.3 is 0 Å². The SMILES string of the molecule is c1cncc(-c2ccc3ccc4cccc5ccc2c3c45)c1. The van der Waals surface area contributed by atoms with Crippen LogP contribution in [0.2, 0.25) is 0 Å². The molecule has 0 radical (unpaired) electrons. The molecular formula is C21H13N. The number of hydrogen-bond acceptors (Lipinski definition) is 1. The van der Waals surface area contributed by atoms with Crippen molar-refractivity contribution in [1.82, 2.24) is 4.98 Å². The van der Waals surface area contributed by atoms with Crippen molar-refractivity contribution in [1.29, 1.82) is 0 Å². The average molecular weight is 279 g/mol. The molecule has 0 saturated carbocycles. The first-order chi connectivity index (χ1) is 10.9. The molecule has 0 aliphatic heterocycles. The Morgan fingerprint density at radius 3 is 2.09 bits per heavy atom. The first kappa shape index (κ1) is 11.7. The van der Waals surface area contributed by atoms with E-state index in [0.717, 1.165) is 0 Å². The second-order valence-corrected chi connectivity index (χ2v) is 5.71. The summed E-state index contributed by atoms with van der Waals surface area (Å²) in [5.41, 5.74) is 2.42. The van der Waals surface area contributed by atoms with Crippen LogP contribution in [-0.2, 0) is 0 Å². The van der Waals surface area contributed by atoms with Crippen LogP contribution < -0.4 is 0 Å². The zero-order valence-corrected chi connectivity index (χ0v) is 12.0. The Labute approximate surface area is 128 Å². The minimum Gasteiger partial charge on any atom is -0.264 e. The number of aromatic nitrogens is 1. The summed E-state index contributed by atoms with van der Waals surface area (Å²) in [6.45, 7) is 0. The molecule has 0 fully saturated rings. The fraction of sp³-hybridized carbons (Fsp3) is 0. The van der Waals surface area contributed by atoms with Crippen LogP contribution in [0.25, 0.3) is 43.4 Å². The first-order valence-corrected chi connectivity index (χ1v) is 7.49. The number of hydrogen-bond donors (Lipinski definition) is 0. The Morgan fingerprint density at radius 1 is 0.591 bits per heavy atom. The molecule has 0 unspecified atom stereocenters. The van der Waals surface area contributed by atoms with Gasteiger partial charge in [-0.15, -0.1) is 0 Å². The first-order valence-electron chi connectivity index (χ1n) is 7.49. The van der Waals surface area contributed by atoms with Gasteiger partial charge in [0, 0.05) is 18.0 Å². The van der Waals surface area contributed by atoms with E-state index >= 15 is 0 Å². The Hall–Kier alpha value is -2.93. The molecule has 0 spiro atoms. The van der Waals surface area contributed by atoms with E-state index in [2.05, 4.69) is 65.6 Å². The second kappa shape index (κ2) is 4.28.